The van der Waals surface area contributed by atoms with Crippen LogP contribution in [0.25, 0.3) is 0 Å². The number of ether oxygens (including phenoxy) is 1. The number of aliphatic hydroxyl groups is 1. The molecule has 1 aliphatic heterocycles. The lowest BCUT2D eigenvalue weighted by Gasteiger charge is -2.25. The Labute approximate surface area is 99.4 Å². The zero-order chi connectivity index (χ0) is 12.0. The fraction of sp³-hybridized carbons (Fsp3) is 1.00. The third-order valence-electron chi connectivity index (χ3n) is 3.67. The van der Waals surface area contributed by atoms with E-state index in [9.17, 15) is 5.11 Å². The summed E-state index contributed by atoms with van der Waals surface area (Å²) < 4.78 is 5.56. The SMILES string of the molecule is CC(C)C(CN)C(O)CCCC1CCCO1. The van der Waals surface area contributed by atoms with E-state index in [0.29, 0.717) is 18.6 Å². The van der Waals surface area contributed by atoms with Gasteiger partial charge in [0.25, 0.3) is 0 Å². The van der Waals surface area contributed by atoms with Crippen molar-refractivity contribution in [2.45, 2.75) is 58.2 Å². The molecule has 1 aliphatic rings. The Morgan fingerprint density at radius 1 is 1.44 bits per heavy atom. The highest BCUT2D eigenvalue weighted by Crippen LogP contribution is 2.22. The highest BCUT2D eigenvalue weighted by atomic mass is 16.5. The Balaban J connectivity index is 2.15. The van der Waals surface area contributed by atoms with Crippen molar-refractivity contribution in [1.82, 2.24) is 0 Å². The molecule has 96 valence electrons. The minimum Gasteiger partial charge on any atom is -0.393 e. The number of aliphatic hydroxyl groups excluding tert-OH is 1. The summed E-state index contributed by atoms with van der Waals surface area (Å²) in [4.78, 5) is 0. The molecule has 0 aromatic rings. The molecule has 16 heavy (non-hydrogen) atoms. The van der Waals surface area contributed by atoms with Crippen molar-refractivity contribution in [2.24, 2.45) is 17.6 Å². The first kappa shape index (κ1) is 13.9. The van der Waals surface area contributed by atoms with Crippen LogP contribution in [0.5, 0.6) is 0 Å². The number of rotatable bonds is 7. The molecule has 1 heterocycles. The highest BCUT2D eigenvalue weighted by molar-refractivity contribution is 4.74. The van der Waals surface area contributed by atoms with E-state index in [1.165, 1.54) is 12.8 Å². The van der Waals surface area contributed by atoms with Gasteiger partial charge in [0, 0.05) is 6.61 Å². The highest BCUT2D eigenvalue weighted by Gasteiger charge is 2.22. The summed E-state index contributed by atoms with van der Waals surface area (Å²) >= 11 is 0. The van der Waals surface area contributed by atoms with Gasteiger partial charge in [-0.25, -0.2) is 0 Å². The average molecular weight is 229 g/mol. The molecule has 0 aliphatic carbocycles. The molecule has 0 aromatic heterocycles. The third-order valence-corrected chi connectivity index (χ3v) is 3.67. The van der Waals surface area contributed by atoms with Gasteiger partial charge in [-0.3, -0.25) is 0 Å². The maximum Gasteiger partial charge on any atom is 0.0582 e. The number of hydrogen-bond donors (Lipinski definition) is 2. The van der Waals surface area contributed by atoms with Crippen molar-refractivity contribution < 1.29 is 9.84 Å². The van der Waals surface area contributed by atoms with Crippen LogP contribution in [0.4, 0.5) is 0 Å². The average Bonchev–Trinajstić information content (AvgIpc) is 2.71. The van der Waals surface area contributed by atoms with Gasteiger partial charge >= 0.3 is 0 Å². The normalized spacial score (nSPS) is 24.9. The Bertz CT molecular complexity index is 179. The van der Waals surface area contributed by atoms with Crippen molar-refractivity contribution in [3.63, 3.8) is 0 Å². The Morgan fingerprint density at radius 3 is 2.69 bits per heavy atom. The Kier molecular flexibility index (Phi) is 6.32. The van der Waals surface area contributed by atoms with Crippen LogP contribution in [-0.4, -0.2) is 30.5 Å². The molecule has 1 saturated heterocycles. The summed E-state index contributed by atoms with van der Waals surface area (Å²) in [6.07, 6.45) is 5.60. The summed E-state index contributed by atoms with van der Waals surface area (Å²) in [6.45, 7) is 5.76. The first-order valence-electron chi connectivity index (χ1n) is 6.65. The van der Waals surface area contributed by atoms with Crippen LogP contribution in [0.3, 0.4) is 0 Å². The van der Waals surface area contributed by atoms with E-state index in [0.717, 1.165) is 25.9 Å². The second-order valence-electron chi connectivity index (χ2n) is 5.28. The molecular weight excluding hydrogens is 202 g/mol. The molecular formula is C13H27NO2. The van der Waals surface area contributed by atoms with Crippen LogP contribution in [0.15, 0.2) is 0 Å². The quantitative estimate of drug-likeness (QED) is 0.701. The maximum absolute atomic E-state index is 10.0. The second-order valence-corrected chi connectivity index (χ2v) is 5.28. The lowest BCUT2D eigenvalue weighted by molar-refractivity contribution is 0.0643. The van der Waals surface area contributed by atoms with Crippen molar-refractivity contribution >= 4 is 0 Å². The van der Waals surface area contributed by atoms with Crippen molar-refractivity contribution in [1.29, 1.82) is 0 Å². The molecule has 3 atom stereocenters. The molecule has 0 aromatic carbocycles. The van der Waals surface area contributed by atoms with Gasteiger partial charge in [-0.05, 0) is 50.5 Å². The summed E-state index contributed by atoms with van der Waals surface area (Å²) in [7, 11) is 0. The number of hydrogen-bond acceptors (Lipinski definition) is 3. The summed E-state index contributed by atoms with van der Waals surface area (Å²) in [5, 5.41) is 10.0. The largest absolute Gasteiger partial charge is 0.393 e. The van der Waals surface area contributed by atoms with Gasteiger partial charge in [0.15, 0.2) is 0 Å². The van der Waals surface area contributed by atoms with E-state index in [1.54, 1.807) is 0 Å². The van der Waals surface area contributed by atoms with Crippen LogP contribution < -0.4 is 5.73 Å². The van der Waals surface area contributed by atoms with Crippen molar-refractivity contribution in [2.75, 3.05) is 13.2 Å². The Morgan fingerprint density at radius 2 is 2.19 bits per heavy atom. The molecule has 1 rings (SSSR count). The minimum atomic E-state index is -0.244. The van der Waals surface area contributed by atoms with E-state index in [-0.39, 0.29) is 12.0 Å². The summed E-state index contributed by atoms with van der Waals surface area (Å²) in [5.41, 5.74) is 5.68. The topological polar surface area (TPSA) is 55.5 Å². The summed E-state index contributed by atoms with van der Waals surface area (Å²) in [5.74, 6) is 0.701. The molecule has 0 radical (unpaired) electrons. The zero-order valence-corrected chi connectivity index (χ0v) is 10.7. The smallest absolute Gasteiger partial charge is 0.0582 e. The molecule has 1 fully saturated rings. The molecule has 0 amide bonds. The predicted octanol–water partition coefficient (Wildman–Crippen LogP) is 1.93. The monoisotopic (exact) mass is 229 g/mol. The van der Waals surface area contributed by atoms with E-state index in [2.05, 4.69) is 13.8 Å². The first-order valence-corrected chi connectivity index (χ1v) is 6.65. The van der Waals surface area contributed by atoms with Gasteiger partial charge in [-0.2, -0.15) is 0 Å². The first-order chi connectivity index (χ1) is 7.65. The Hall–Kier alpha value is -0.120. The fourth-order valence-corrected chi connectivity index (χ4v) is 2.51. The molecule has 0 bridgehead atoms. The summed E-state index contributed by atoms with van der Waals surface area (Å²) in [6, 6.07) is 0. The van der Waals surface area contributed by atoms with E-state index in [4.69, 9.17) is 10.5 Å². The molecule has 3 N–H and O–H groups in total. The molecule has 3 heteroatoms. The van der Waals surface area contributed by atoms with Crippen LogP contribution in [0, 0.1) is 11.8 Å². The van der Waals surface area contributed by atoms with E-state index in [1.807, 2.05) is 0 Å². The van der Waals surface area contributed by atoms with Crippen molar-refractivity contribution in [3.05, 3.63) is 0 Å². The van der Waals surface area contributed by atoms with Gasteiger partial charge in [0.1, 0.15) is 0 Å². The van der Waals surface area contributed by atoms with Gasteiger partial charge in [-0.15, -0.1) is 0 Å². The minimum absolute atomic E-state index is 0.240. The maximum atomic E-state index is 10.0. The van der Waals surface area contributed by atoms with Crippen LogP contribution in [-0.2, 0) is 4.74 Å². The number of nitrogens with two attached hydrogens (primary N) is 1. The molecule has 3 unspecified atom stereocenters. The molecule has 0 spiro atoms. The van der Waals surface area contributed by atoms with E-state index >= 15 is 0 Å². The lowest BCUT2D eigenvalue weighted by Crippen LogP contribution is -2.32. The predicted molar refractivity (Wildman–Crippen MR) is 66.2 cm³/mol. The van der Waals surface area contributed by atoms with Gasteiger partial charge in [0.2, 0.25) is 0 Å². The van der Waals surface area contributed by atoms with Crippen molar-refractivity contribution in [3.8, 4) is 0 Å². The van der Waals surface area contributed by atoms with Gasteiger partial charge < -0.3 is 15.6 Å². The third kappa shape index (κ3) is 4.40. The van der Waals surface area contributed by atoms with Crippen LogP contribution >= 0.6 is 0 Å². The van der Waals surface area contributed by atoms with Crippen LogP contribution in [0.2, 0.25) is 0 Å². The second kappa shape index (κ2) is 7.25. The van der Waals surface area contributed by atoms with E-state index < -0.39 is 0 Å². The molecule has 3 nitrogen and oxygen atoms in total. The lowest BCUT2D eigenvalue weighted by atomic mass is 9.87. The molecule has 0 saturated carbocycles. The van der Waals surface area contributed by atoms with Gasteiger partial charge in [0.05, 0.1) is 12.2 Å². The standard InChI is InChI=1S/C13H27NO2/c1-10(2)12(9-14)13(15)7-3-5-11-6-4-8-16-11/h10-13,15H,3-9,14H2,1-2H3. The van der Waals surface area contributed by atoms with Gasteiger partial charge in [-0.1, -0.05) is 13.8 Å². The fourth-order valence-electron chi connectivity index (χ4n) is 2.51. The zero-order valence-electron chi connectivity index (χ0n) is 10.7. The van der Waals surface area contributed by atoms with Crippen LogP contribution in [0.1, 0.15) is 46.0 Å².